The molecule has 1 amide bonds. The summed E-state index contributed by atoms with van der Waals surface area (Å²) in [4.78, 5) is 22.2. The predicted octanol–water partition coefficient (Wildman–Crippen LogP) is 2.59. The van der Waals surface area contributed by atoms with Gasteiger partial charge < -0.3 is 14.6 Å². The van der Waals surface area contributed by atoms with Gasteiger partial charge in [-0.05, 0) is 44.8 Å². The normalized spacial score (nSPS) is 30.6. The van der Waals surface area contributed by atoms with Crippen LogP contribution in [-0.2, 0) is 0 Å². The van der Waals surface area contributed by atoms with Crippen molar-refractivity contribution in [1.82, 2.24) is 15.2 Å². The second kappa shape index (κ2) is 7.02. The number of nitrogens with one attached hydrogen (secondary N) is 1. The summed E-state index contributed by atoms with van der Waals surface area (Å²) >= 11 is 1.98. The maximum Gasteiger partial charge on any atom is 0.270 e. The van der Waals surface area contributed by atoms with Crippen molar-refractivity contribution in [2.75, 3.05) is 42.6 Å². The first-order valence-electron chi connectivity index (χ1n) is 9.95. The van der Waals surface area contributed by atoms with Crippen molar-refractivity contribution in [3.05, 3.63) is 24.2 Å². The summed E-state index contributed by atoms with van der Waals surface area (Å²) < 4.78 is 5.69. The highest BCUT2D eigenvalue weighted by Gasteiger charge is 2.40. The molecule has 6 heterocycles. The van der Waals surface area contributed by atoms with Crippen LogP contribution in [0.2, 0.25) is 0 Å². The minimum Gasteiger partial charge on any atom is -0.460 e. The fraction of sp³-hybridized carbons (Fsp3) is 0.600. The topological polar surface area (TPSA) is 61.6 Å². The van der Waals surface area contributed by atoms with Crippen molar-refractivity contribution in [3.63, 3.8) is 0 Å². The zero-order valence-corrected chi connectivity index (χ0v) is 16.5. The molecule has 0 spiro atoms. The van der Waals surface area contributed by atoms with E-state index < -0.39 is 0 Å². The summed E-state index contributed by atoms with van der Waals surface area (Å²) in [5.41, 5.74) is 2.31. The lowest BCUT2D eigenvalue weighted by atomic mass is 9.79. The Balaban J connectivity index is 1.38. The summed E-state index contributed by atoms with van der Waals surface area (Å²) in [6.07, 6.45) is 5.85. The highest BCUT2D eigenvalue weighted by Crippen LogP contribution is 2.33. The number of piperidine rings is 3. The molecule has 6 rings (SSSR count). The van der Waals surface area contributed by atoms with E-state index in [1.165, 1.54) is 12.8 Å². The molecular formula is C20H26N4O2S. The number of fused-ring (bicyclic) bond motifs is 4. The second-order valence-corrected chi connectivity index (χ2v) is 9.12. The highest BCUT2D eigenvalue weighted by molar-refractivity contribution is 7.99. The van der Waals surface area contributed by atoms with E-state index in [1.807, 2.05) is 17.8 Å². The number of nitrogens with zero attached hydrogens (tertiary/aromatic N) is 3. The minimum atomic E-state index is -0.0659. The van der Waals surface area contributed by atoms with E-state index in [9.17, 15) is 4.79 Å². The van der Waals surface area contributed by atoms with Crippen LogP contribution in [0.4, 0.5) is 5.69 Å². The Morgan fingerprint density at radius 3 is 2.78 bits per heavy atom. The van der Waals surface area contributed by atoms with Gasteiger partial charge in [-0.25, -0.2) is 4.98 Å². The van der Waals surface area contributed by atoms with Gasteiger partial charge in [0.25, 0.3) is 5.91 Å². The minimum absolute atomic E-state index is 0.0659. The Hall–Kier alpha value is -1.73. The molecule has 27 heavy (non-hydrogen) atoms. The molecule has 0 unspecified atom stereocenters. The van der Waals surface area contributed by atoms with Crippen LogP contribution in [0.25, 0.3) is 11.0 Å². The van der Waals surface area contributed by atoms with Crippen molar-refractivity contribution < 1.29 is 9.21 Å². The van der Waals surface area contributed by atoms with Gasteiger partial charge in [0.05, 0.1) is 11.9 Å². The van der Waals surface area contributed by atoms with Gasteiger partial charge in [0.15, 0.2) is 5.58 Å². The van der Waals surface area contributed by atoms with Gasteiger partial charge in [-0.3, -0.25) is 9.69 Å². The number of hydrogen-bond donors (Lipinski definition) is 1. The largest absolute Gasteiger partial charge is 0.460 e. The number of amides is 1. The maximum absolute atomic E-state index is 12.9. The van der Waals surface area contributed by atoms with Crippen LogP contribution in [0.15, 0.2) is 22.9 Å². The quantitative estimate of drug-likeness (QED) is 0.875. The fourth-order valence-electron chi connectivity index (χ4n) is 4.86. The molecule has 2 atom stereocenters. The molecule has 0 aromatic carbocycles. The fourth-order valence-corrected chi connectivity index (χ4v) is 5.77. The molecule has 2 bridgehead atoms. The Labute approximate surface area is 163 Å². The van der Waals surface area contributed by atoms with Crippen molar-refractivity contribution in [1.29, 1.82) is 0 Å². The van der Waals surface area contributed by atoms with Crippen molar-refractivity contribution in [2.24, 2.45) is 5.92 Å². The molecule has 0 saturated carbocycles. The number of anilines is 1. The lowest BCUT2D eigenvalue weighted by Gasteiger charge is -2.49. The molecule has 0 aliphatic carbocycles. The maximum atomic E-state index is 12.9. The third-order valence-electron chi connectivity index (χ3n) is 6.50. The van der Waals surface area contributed by atoms with E-state index in [2.05, 4.69) is 27.0 Å². The van der Waals surface area contributed by atoms with Gasteiger partial charge in [-0.1, -0.05) is 0 Å². The summed E-state index contributed by atoms with van der Waals surface area (Å²) in [6, 6.07) is 2.53. The number of rotatable bonds is 3. The van der Waals surface area contributed by atoms with E-state index >= 15 is 0 Å². The number of aromatic nitrogens is 1. The first kappa shape index (κ1) is 17.4. The summed E-state index contributed by atoms with van der Waals surface area (Å²) in [5, 5.41) is 4.27. The molecule has 7 heteroatoms. The molecule has 4 saturated heterocycles. The molecule has 6 nitrogen and oxygen atoms in total. The van der Waals surface area contributed by atoms with Crippen LogP contribution < -0.4 is 10.2 Å². The number of carbonyl (C=O) groups excluding carboxylic acids is 1. The van der Waals surface area contributed by atoms with Gasteiger partial charge >= 0.3 is 0 Å². The molecule has 2 aromatic rings. The Morgan fingerprint density at radius 2 is 2.04 bits per heavy atom. The highest BCUT2D eigenvalue weighted by atomic mass is 32.2. The van der Waals surface area contributed by atoms with Gasteiger partial charge in [0.1, 0.15) is 12.0 Å². The van der Waals surface area contributed by atoms with Gasteiger partial charge in [0, 0.05) is 42.1 Å². The Morgan fingerprint density at radius 1 is 1.26 bits per heavy atom. The Kier molecular flexibility index (Phi) is 4.52. The summed E-state index contributed by atoms with van der Waals surface area (Å²) in [5.74, 6) is 2.78. The number of furan rings is 1. The Bertz CT molecular complexity index is 838. The van der Waals surface area contributed by atoms with Crippen molar-refractivity contribution in [2.45, 2.75) is 31.8 Å². The van der Waals surface area contributed by atoms with Crippen LogP contribution in [-0.4, -0.2) is 65.6 Å². The van der Waals surface area contributed by atoms with Crippen LogP contribution >= 0.6 is 11.8 Å². The second-order valence-electron chi connectivity index (χ2n) is 7.90. The van der Waals surface area contributed by atoms with Crippen molar-refractivity contribution >= 4 is 34.3 Å². The molecule has 4 fully saturated rings. The van der Waals surface area contributed by atoms with Crippen LogP contribution in [0.5, 0.6) is 0 Å². The summed E-state index contributed by atoms with van der Waals surface area (Å²) in [6.45, 7) is 6.58. The van der Waals surface area contributed by atoms with Crippen molar-refractivity contribution in [3.8, 4) is 0 Å². The number of hydrogen-bond acceptors (Lipinski definition) is 6. The third kappa shape index (κ3) is 3.10. The van der Waals surface area contributed by atoms with Crippen LogP contribution in [0.3, 0.4) is 0 Å². The average molecular weight is 387 g/mol. The lowest BCUT2D eigenvalue weighted by Crippen LogP contribution is -2.62. The molecular weight excluding hydrogens is 360 g/mol. The number of carbonyl (C=O) groups is 1. The monoisotopic (exact) mass is 386 g/mol. The molecule has 4 aliphatic heterocycles. The van der Waals surface area contributed by atoms with E-state index in [-0.39, 0.29) is 11.9 Å². The molecule has 2 aromatic heterocycles. The SMILES string of the molecule is C[C@@H]1[C@H](NC(=O)c2cc3c(N4CCSCC4)coc3cn2)C2CCN1CC2. The zero-order chi connectivity index (χ0) is 18.4. The predicted molar refractivity (Wildman–Crippen MR) is 109 cm³/mol. The molecule has 144 valence electrons. The average Bonchev–Trinajstić information content (AvgIpc) is 3.15. The van der Waals surface area contributed by atoms with E-state index in [4.69, 9.17) is 4.42 Å². The first-order chi connectivity index (χ1) is 13.2. The molecule has 4 aliphatic rings. The van der Waals surface area contributed by atoms with Gasteiger partial charge in [-0.2, -0.15) is 11.8 Å². The van der Waals surface area contributed by atoms with E-state index in [0.29, 0.717) is 17.7 Å². The van der Waals surface area contributed by atoms with Crippen LogP contribution in [0, 0.1) is 5.92 Å². The summed E-state index contributed by atoms with van der Waals surface area (Å²) in [7, 11) is 0. The standard InChI is InChI=1S/C20H26N4O2S/c1-13-19(14-2-4-23(13)5-3-14)22-20(25)16-10-15-17(12-26-18(15)11-21-16)24-6-8-27-9-7-24/h10-14,19H,2-9H2,1H3,(H,22,25)/t13-,19+/m1/s1. The molecule has 0 radical (unpaired) electrons. The third-order valence-corrected chi connectivity index (χ3v) is 7.44. The zero-order valence-electron chi connectivity index (χ0n) is 15.7. The smallest absolute Gasteiger partial charge is 0.270 e. The van der Waals surface area contributed by atoms with Crippen LogP contribution in [0.1, 0.15) is 30.3 Å². The van der Waals surface area contributed by atoms with E-state index in [1.54, 1.807) is 12.5 Å². The lowest BCUT2D eigenvalue weighted by molar-refractivity contribution is 0.0216. The first-order valence-corrected chi connectivity index (χ1v) is 11.1. The van der Waals surface area contributed by atoms with Gasteiger partial charge in [0.2, 0.25) is 0 Å². The molecule has 1 N–H and O–H groups in total. The van der Waals surface area contributed by atoms with Gasteiger partial charge in [-0.15, -0.1) is 0 Å². The number of pyridine rings is 1. The number of thioether (sulfide) groups is 1. The van der Waals surface area contributed by atoms with E-state index in [0.717, 1.165) is 54.3 Å².